The third-order valence-electron chi connectivity index (χ3n) is 4.66. The molecule has 1 unspecified atom stereocenters. The Morgan fingerprint density at radius 1 is 1.25 bits per heavy atom. The second-order valence-electron chi connectivity index (χ2n) is 7.72. The zero-order valence-corrected chi connectivity index (χ0v) is 18.2. The Kier molecular flexibility index (Phi) is 7.08. The quantitative estimate of drug-likeness (QED) is 0.540. The number of carbonyl (C=O) groups excluding carboxylic acids is 1. The van der Waals surface area contributed by atoms with E-state index >= 15 is 0 Å². The van der Waals surface area contributed by atoms with Gasteiger partial charge in [0.25, 0.3) is 0 Å². The van der Waals surface area contributed by atoms with Crippen molar-refractivity contribution >= 4 is 15.9 Å². The minimum absolute atomic E-state index is 0.0411. The summed E-state index contributed by atoms with van der Waals surface area (Å²) in [6, 6.07) is 3.22. The summed E-state index contributed by atoms with van der Waals surface area (Å²) < 4.78 is 72.4. The molecule has 0 bridgehead atoms. The molecular weight excluding hydrogens is 453 g/mol. The van der Waals surface area contributed by atoms with Crippen LogP contribution in [-0.4, -0.2) is 37.4 Å². The summed E-state index contributed by atoms with van der Waals surface area (Å²) in [5, 5.41) is 6.71. The number of nitrogens with one attached hydrogen (secondary N) is 2. The van der Waals surface area contributed by atoms with Gasteiger partial charge >= 0.3 is 6.36 Å². The molecule has 9 nitrogen and oxygen atoms in total. The molecule has 0 aliphatic heterocycles. The zero-order chi connectivity index (χ0) is 23.5. The highest BCUT2D eigenvalue weighted by atomic mass is 32.2. The van der Waals surface area contributed by atoms with E-state index in [1.165, 1.54) is 0 Å². The predicted molar refractivity (Wildman–Crippen MR) is 105 cm³/mol. The van der Waals surface area contributed by atoms with E-state index < -0.39 is 34.1 Å². The highest BCUT2D eigenvalue weighted by Gasteiger charge is 2.32. The zero-order valence-electron chi connectivity index (χ0n) is 17.3. The first-order valence-electron chi connectivity index (χ1n) is 9.93. The largest absolute Gasteiger partial charge is 0.573 e. The molecule has 1 amide bonds. The molecule has 2 aromatic rings. The van der Waals surface area contributed by atoms with Crippen molar-refractivity contribution in [3.05, 3.63) is 36.0 Å². The van der Waals surface area contributed by atoms with Gasteiger partial charge in [0.2, 0.25) is 21.8 Å². The molecule has 3 rings (SSSR count). The van der Waals surface area contributed by atoms with Gasteiger partial charge in [0.05, 0.1) is 4.90 Å². The van der Waals surface area contributed by atoms with Crippen LogP contribution >= 0.6 is 0 Å². The first kappa shape index (κ1) is 24.0. The summed E-state index contributed by atoms with van der Waals surface area (Å²) in [5.74, 6) is 0.226. The summed E-state index contributed by atoms with van der Waals surface area (Å²) in [5.41, 5.74) is 0. The molecule has 1 atom stereocenters. The van der Waals surface area contributed by atoms with Crippen molar-refractivity contribution in [3.8, 4) is 5.75 Å². The van der Waals surface area contributed by atoms with Gasteiger partial charge in [-0.2, -0.15) is 4.98 Å². The van der Waals surface area contributed by atoms with Crippen LogP contribution in [0.15, 0.2) is 33.7 Å². The van der Waals surface area contributed by atoms with E-state index in [9.17, 15) is 26.4 Å². The van der Waals surface area contributed by atoms with Crippen LogP contribution in [-0.2, 0) is 14.8 Å². The number of hydrogen-bond donors (Lipinski definition) is 2. The fourth-order valence-electron chi connectivity index (χ4n) is 2.84. The maximum absolute atomic E-state index is 12.3. The van der Waals surface area contributed by atoms with E-state index in [2.05, 4.69) is 24.9 Å². The number of sulfonamides is 1. The minimum atomic E-state index is -4.87. The molecule has 32 heavy (non-hydrogen) atoms. The van der Waals surface area contributed by atoms with Crippen LogP contribution in [0.1, 0.15) is 56.8 Å². The third kappa shape index (κ3) is 6.66. The van der Waals surface area contributed by atoms with Crippen molar-refractivity contribution < 1.29 is 35.6 Å². The molecule has 2 N–H and O–H groups in total. The average molecular weight is 476 g/mol. The van der Waals surface area contributed by atoms with E-state index in [0.29, 0.717) is 17.6 Å². The van der Waals surface area contributed by atoms with E-state index in [1.807, 2.05) is 13.8 Å². The number of rotatable bonds is 10. The summed E-state index contributed by atoms with van der Waals surface area (Å²) in [4.78, 5) is 16.4. The monoisotopic (exact) mass is 476 g/mol. The number of alkyl halides is 3. The Balaban J connectivity index is 1.52. The van der Waals surface area contributed by atoms with Crippen LogP contribution < -0.4 is 14.8 Å². The molecule has 176 valence electrons. The van der Waals surface area contributed by atoms with Gasteiger partial charge in [-0.1, -0.05) is 19.0 Å². The van der Waals surface area contributed by atoms with Gasteiger partial charge < -0.3 is 14.6 Å². The number of ether oxygens (including phenoxy) is 1. The fourth-order valence-corrected chi connectivity index (χ4v) is 3.87. The third-order valence-corrected chi connectivity index (χ3v) is 6.14. The number of halogens is 3. The highest BCUT2D eigenvalue weighted by Crippen LogP contribution is 2.38. The number of aromatic nitrogens is 2. The van der Waals surface area contributed by atoms with E-state index in [-0.39, 0.29) is 23.8 Å². The molecule has 1 heterocycles. The Hall–Kier alpha value is -2.67. The maximum Gasteiger partial charge on any atom is 0.573 e. The van der Waals surface area contributed by atoms with Gasteiger partial charge in [-0.05, 0) is 43.0 Å². The van der Waals surface area contributed by atoms with Gasteiger partial charge in [-0.15, -0.1) is 13.2 Å². The molecule has 0 saturated heterocycles. The van der Waals surface area contributed by atoms with Gasteiger partial charge in [-0.3, -0.25) is 4.79 Å². The van der Waals surface area contributed by atoms with Crippen molar-refractivity contribution in [1.29, 1.82) is 0 Å². The van der Waals surface area contributed by atoms with Crippen molar-refractivity contribution in [1.82, 2.24) is 20.2 Å². The lowest BCUT2D eigenvalue weighted by atomic mass is 10.0. The number of benzene rings is 1. The normalized spacial score (nSPS) is 15.6. The molecule has 1 aliphatic rings. The topological polar surface area (TPSA) is 123 Å². The summed E-state index contributed by atoms with van der Waals surface area (Å²) in [6.07, 6.45) is -3.02. The number of carbonyl (C=O) groups is 1. The van der Waals surface area contributed by atoms with E-state index in [4.69, 9.17) is 4.52 Å². The second-order valence-corrected chi connectivity index (χ2v) is 9.49. The lowest BCUT2D eigenvalue weighted by Gasteiger charge is -2.18. The van der Waals surface area contributed by atoms with Crippen LogP contribution in [0.3, 0.4) is 0 Å². The first-order chi connectivity index (χ1) is 14.9. The van der Waals surface area contributed by atoms with Crippen molar-refractivity contribution in [2.45, 2.75) is 56.3 Å². The van der Waals surface area contributed by atoms with Crippen LogP contribution in [0.5, 0.6) is 5.75 Å². The molecule has 0 spiro atoms. The molecule has 1 aromatic heterocycles. The molecule has 1 saturated carbocycles. The Labute approximate surface area is 182 Å². The van der Waals surface area contributed by atoms with Crippen LogP contribution in [0.25, 0.3) is 0 Å². The van der Waals surface area contributed by atoms with Crippen LogP contribution in [0.4, 0.5) is 13.2 Å². The summed E-state index contributed by atoms with van der Waals surface area (Å²) in [6.45, 7) is 3.54. The number of amides is 1. The number of hydrogen-bond acceptors (Lipinski definition) is 7. The Morgan fingerprint density at radius 2 is 1.91 bits per heavy atom. The molecule has 1 aromatic carbocycles. The second kappa shape index (κ2) is 9.45. The first-order valence-corrected chi connectivity index (χ1v) is 11.4. The van der Waals surface area contributed by atoms with Crippen molar-refractivity contribution in [2.24, 2.45) is 5.92 Å². The SMILES string of the molecule is CC(C)C(NC(=O)CCNS(=O)(=O)c1ccc(OC(F)(F)F)cc1)c1nc(C2CC2)no1. The highest BCUT2D eigenvalue weighted by molar-refractivity contribution is 7.89. The van der Waals surface area contributed by atoms with Crippen LogP contribution in [0.2, 0.25) is 0 Å². The summed E-state index contributed by atoms with van der Waals surface area (Å²) >= 11 is 0. The fraction of sp³-hybridized carbons (Fsp3) is 0.526. The summed E-state index contributed by atoms with van der Waals surface area (Å²) in [7, 11) is -4.02. The van der Waals surface area contributed by atoms with Crippen molar-refractivity contribution in [3.63, 3.8) is 0 Å². The van der Waals surface area contributed by atoms with Gasteiger partial charge in [-0.25, -0.2) is 13.1 Å². The van der Waals surface area contributed by atoms with Gasteiger partial charge in [0.1, 0.15) is 11.8 Å². The smallest absolute Gasteiger partial charge is 0.406 e. The molecule has 0 radical (unpaired) electrons. The Morgan fingerprint density at radius 3 is 2.47 bits per heavy atom. The predicted octanol–water partition coefficient (Wildman–Crippen LogP) is 3.03. The lowest BCUT2D eigenvalue weighted by Crippen LogP contribution is -2.35. The van der Waals surface area contributed by atoms with E-state index in [1.54, 1.807) is 0 Å². The van der Waals surface area contributed by atoms with Gasteiger partial charge in [0.15, 0.2) is 5.82 Å². The van der Waals surface area contributed by atoms with Crippen molar-refractivity contribution in [2.75, 3.05) is 6.54 Å². The number of nitrogens with zero attached hydrogens (tertiary/aromatic N) is 2. The Bertz CT molecular complexity index is 1030. The van der Waals surface area contributed by atoms with Crippen LogP contribution in [0, 0.1) is 5.92 Å². The molecular formula is C19H23F3N4O5S. The van der Waals surface area contributed by atoms with Gasteiger partial charge in [0, 0.05) is 18.9 Å². The molecule has 13 heteroatoms. The molecule has 1 aliphatic carbocycles. The average Bonchev–Trinajstić information content (AvgIpc) is 3.42. The molecule has 1 fully saturated rings. The standard InChI is InChI=1S/C19H23F3N4O5S/c1-11(2)16(18-25-17(26-31-18)12-3-4-12)24-15(27)9-10-23-32(28,29)14-7-5-13(6-8-14)30-19(20,21)22/h5-8,11-12,16,23H,3-4,9-10H2,1-2H3,(H,24,27). The van der Waals surface area contributed by atoms with E-state index in [0.717, 1.165) is 37.1 Å². The lowest BCUT2D eigenvalue weighted by molar-refractivity contribution is -0.274. The minimum Gasteiger partial charge on any atom is -0.406 e. The maximum atomic E-state index is 12.3.